The number of benzene rings is 4. The topological polar surface area (TPSA) is 46.5 Å². The number of nitrogens with one attached hydrogen (secondary N) is 1. The summed E-state index contributed by atoms with van der Waals surface area (Å²) in [6.45, 7) is 0. The molecule has 1 N–H and O–H groups in total. The van der Waals surface area contributed by atoms with Crippen LogP contribution in [0.3, 0.4) is 0 Å². The van der Waals surface area contributed by atoms with E-state index in [0.29, 0.717) is 0 Å². The molecule has 3 heterocycles. The fourth-order valence-electron chi connectivity index (χ4n) is 4.94. The van der Waals surface area contributed by atoms with Crippen LogP contribution in [0.25, 0.3) is 61.4 Å². The summed E-state index contributed by atoms with van der Waals surface area (Å²) >= 11 is 0. The molecule has 0 aliphatic carbocycles. The Bertz CT molecular complexity index is 1770. The molecule has 0 atom stereocenters. The fraction of sp³-hybridized carbons (Fsp3) is 0. The Labute approximate surface area is 208 Å². The molecule has 36 heavy (non-hydrogen) atoms. The van der Waals surface area contributed by atoms with E-state index in [1.54, 1.807) is 0 Å². The lowest BCUT2D eigenvalue weighted by atomic mass is 10.0. The van der Waals surface area contributed by atoms with Gasteiger partial charge in [0.2, 0.25) is 0 Å². The van der Waals surface area contributed by atoms with E-state index in [9.17, 15) is 0 Å². The van der Waals surface area contributed by atoms with E-state index >= 15 is 0 Å². The average molecular weight is 463 g/mol. The monoisotopic (exact) mass is 462 g/mol. The number of aromatic nitrogens is 4. The van der Waals surface area contributed by atoms with Crippen LogP contribution in [0.15, 0.2) is 128 Å². The van der Waals surface area contributed by atoms with Gasteiger partial charge in [-0.15, -0.1) is 0 Å². The van der Waals surface area contributed by atoms with Crippen LogP contribution in [-0.2, 0) is 0 Å². The van der Waals surface area contributed by atoms with Gasteiger partial charge in [0.15, 0.2) is 0 Å². The van der Waals surface area contributed by atoms with E-state index in [0.717, 1.165) is 44.9 Å². The fourth-order valence-corrected chi connectivity index (χ4v) is 4.94. The van der Waals surface area contributed by atoms with Crippen LogP contribution in [-0.4, -0.2) is 19.5 Å². The smallest absolute Gasteiger partial charge is 0.145 e. The minimum Gasteiger partial charge on any atom is -0.338 e. The van der Waals surface area contributed by atoms with Crippen LogP contribution in [0.5, 0.6) is 0 Å². The molecule has 0 aliphatic heterocycles. The summed E-state index contributed by atoms with van der Waals surface area (Å²) in [6, 6.07) is 40.0. The molecule has 0 bridgehead atoms. The van der Waals surface area contributed by atoms with Gasteiger partial charge in [-0.3, -0.25) is 4.57 Å². The molecule has 0 saturated heterocycles. The zero-order valence-electron chi connectivity index (χ0n) is 19.5. The predicted molar refractivity (Wildman–Crippen MR) is 147 cm³/mol. The largest absolute Gasteiger partial charge is 0.338 e. The van der Waals surface area contributed by atoms with Crippen molar-refractivity contribution < 1.29 is 0 Å². The Morgan fingerprint density at radius 2 is 1.28 bits per heavy atom. The second-order valence-electron chi connectivity index (χ2n) is 8.87. The second-order valence-corrected chi connectivity index (χ2v) is 8.87. The summed E-state index contributed by atoms with van der Waals surface area (Å²) in [5, 5.41) is 2.35. The molecular weight excluding hydrogens is 440 g/mol. The second kappa shape index (κ2) is 8.36. The summed E-state index contributed by atoms with van der Waals surface area (Å²) in [7, 11) is 0. The molecule has 170 valence electrons. The molecule has 0 saturated carbocycles. The molecule has 0 spiro atoms. The standard InChI is InChI=1S/C32H22N4/c1-2-8-22(9-3-1)23-15-17-24(18-16-23)29-21-34-31(35-29)25-10-6-11-26(20-25)36-30-14-5-4-12-27(30)28-13-7-19-33-32(28)36/h1-21H,(H,34,35). The van der Waals surface area contributed by atoms with Crippen molar-refractivity contribution in [1.82, 2.24) is 19.5 Å². The van der Waals surface area contributed by atoms with Gasteiger partial charge in [-0.2, -0.15) is 0 Å². The van der Waals surface area contributed by atoms with Crippen LogP contribution in [0.1, 0.15) is 0 Å². The Balaban J connectivity index is 1.26. The third-order valence-corrected chi connectivity index (χ3v) is 6.69. The number of hydrogen-bond acceptors (Lipinski definition) is 2. The number of aromatic amines is 1. The van der Waals surface area contributed by atoms with E-state index in [2.05, 4.69) is 113 Å². The number of para-hydroxylation sites is 1. The van der Waals surface area contributed by atoms with Crippen molar-refractivity contribution in [2.45, 2.75) is 0 Å². The summed E-state index contributed by atoms with van der Waals surface area (Å²) in [5.74, 6) is 0.840. The van der Waals surface area contributed by atoms with Crippen molar-refractivity contribution in [2.75, 3.05) is 0 Å². The summed E-state index contributed by atoms with van der Waals surface area (Å²) in [4.78, 5) is 12.9. The lowest BCUT2D eigenvalue weighted by Crippen LogP contribution is -1.95. The zero-order valence-corrected chi connectivity index (χ0v) is 19.5. The number of fused-ring (bicyclic) bond motifs is 3. The highest BCUT2D eigenvalue weighted by Gasteiger charge is 2.14. The Kier molecular flexibility index (Phi) is 4.74. The highest BCUT2D eigenvalue weighted by atomic mass is 15.0. The number of rotatable bonds is 4. The van der Waals surface area contributed by atoms with Gasteiger partial charge in [0.1, 0.15) is 11.5 Å². The van der Waals surface area contributed by atoms with Gasteiger partial charge in [-0.25, -0.2) is 9.97 Å². The highest BCUT2D eigenvalue weighted by Crippen LogP contribution is 2.32. The lowest BCUT2D eigenvalue weighted by Gasteiger charge is -2.08. The van der Waals surface area contributed by atoms with Gasteiger partial charge >= 0.3 is 0 Å². The minimum absolute atomic E-state index is 0.840. The first-order valence-electron chi connectivity index (χ1n) is 12.0. The number of hydrogen-bond donors (Lipinski definition) is 1. The van der Waals surface area contributed by atoms with Crippen molar-refractivity contribution in [1.29, 1.82) is 0 Å². The van der Waals surface area contributed by atoms with E-state index in [4.69, 9.17) is 9.97 Å². The van der Waals surface area contributed by atoms with Crippen molar-refractivity contribution >= 4 is 21.9 Å². The molecule has 0 radical (unpaired) electrons. The SMILES string of the molecule is c1ccc(-c2ccc(-c3cnc(-c4cccc(-n5c6ccccc6c6cccnc65)c4)[nH]3)cc2)cc1. The molecule has 0 aliphatic rings. The van der Waals surface area contributed by atoms with Crippen molar-refractivity contribution in [2.24, 2.45) is 0 Å². The average Bonchev–Trinajstić information content (AvgIpc) is 3.58. The summed E-state index contributed by atoms with van der Waals surface area (Å²) in [6.07, 6.45) is 3.75. The van der Waals surface area contributed by atoms with E-state index in [1.807, 2.05) is 24.5 Å². The molecule has 0 amide bonds. The van der Waals surface area contributed by atoms with Gasteiger partial charge in [0.25, 0.3) is 0 Å². The Morgan fingerprint density at radius 3 is 2.17 bits per heavy atom. The third kappa shape index (κ3) is 3.39. The normalized spacial score (nSPS) is 11.3. The maximum atomic E-state index is 4.71. The van der Waals surface area contributed by atoms with Gasteiger partial charge in [-0.1, -0.05) is 84.9 Å². The first-order valence-corrected chi connectivity index (χ1v) is 12.0. The molecule has 4 nitrogen and oxygen atoms in total. The number of H-pyrrole nitrogens is 1. The van der Waals surface area contributed by atoms with Crippen LogP contribution < -0.4 is 0 Å². The van der Waals surface area contributed by atoms with Gasteiger partial charge in [0.05, 0.1) is 17.4 Å². The Hall–Kier alpha value is -4.96. The third-order valence-electron chi connectivity index (χ3n) is 6.69. The van der Waals surface area contributed by atoms with Crippen molar-refractivity contribution in [3.05, 3.63) is 128 Å². The lowest BCUT2D eigenvalue weighted by molar-refractivity contribution is 1.13. The van der Waals surface area contributed by atoms with Crippen LogP contribution in [0, 0.1) is 0 Å². The maximum Gasteiger partial charge on any atom is 0.145 e. The van der Waals surface area contributed by atoms with E-state index in [1.165, 1.54) is 16.5 Å². The molecule has 3 aromatic heterocycles. The number of nitrogens with zero attached hydrogens (tertiary/aromatic N) is 3. The molecule has 0 unspecified atom stereocenters. The number of pyridine rings is 1. The maximum absolute atomic E-state index is 4.71. The first-order chi connectivity index (χ1) is 17.8. The predicted octanol–water partition coefficient (Wildman–Crippen LogP) is 7.90. The quantitative estimate of drug-likeness (QED) is 0.289. The molecule has 4 aromatic carbocycles. The Morgan fingerprint density at radius 1 is 0.556 bits per heavy atom. The molecule has 7 rings (SSSR count). The van der Waals surface area contributed by atoms with Crippen LogP contribution >= 0.6 is 0 Å². The van der Waals surface area contributed by atoms with E-state index in [-0.39, 0.29) is 0 Å². The molecule has 4 heteroatoms. The summed E-state index contributed by atoms with van der Waals surface area (Å²) in [5.41, 5.74) is 8.70. The van der Waals surface area contributed by atoms with Crippen molar-refractivity contribution in [3.63, 3.8) is 0 Å². The zero-order chi connectivity index (χ0) is 23.9. The number of imidazole rings is 1. The molecular formula is C32H22N4. The molecule has 7 aromatic rings. The van der Waals surface area contributed by atoms with Gasteiger partial charge in [-0.05, 0) is 47.0 Å². The van der Waals surface area contributed by atoms with E-state index < -0.39 is 0 Å². The van der Waals surface area contributed by atoms with Gasteiger partial charge < -0.3 is 4.98 Å². The minimum atomic E-state index is 0.840. The van der Waals surface area contributed by atoms with Crippen molar-refractivity contribution in [3.8, 4) is 39.5 Å². The van der Waals surface area contributed by atoms with Crippen LogP contribution in [0.2, 0.25) is 0 Å². The summed E-state index contributed by atoms with van der Waals surface area (Å²) < 4.78 is 2.22. The highest BCUT2D eigenvalue weighted by molar-refractivity contribution is 6.07. The van der Waals surface area contributed by atoms with Crippen LogP contribution in [0.4, 0.5) is 0 Å². The molecule has 0 fully saturated rings. The first kappa shape index (κ1) is 20.4. The van der Waals surface area contributed by atoms with Gasteiger partial charge in [0, 0.05) is 28.2 Å².